The summed E-state index contributed by atoms with van der Waals surface area (Å²) in [6.07, 6.45) is 0. The van der Waals surface area contributed by atoms with E-state index in [-0.39, 0.29) is 0 Å². The van der Waals surface area contributed by atoms with E-state index < -0.39 is 0 Å². The SMILES string of the molecule is C=NC1=C(CNCNc2cc(OC)cc(OC)c2)CN(C2CNC2)C1. The van der Waals surface area contributed by atoms with Crippen molar-refractivity contribution in [1.29, 1.82) is 0 Å². The van der Waals surface area contributed by atoms with Crippen molar-refractivity contribution in [1.82, 2.24) is 15.5 Å². The van der Waals surface area contributed by atoms with Gasteiger partial charge in [-0.05, 0) is 12.3 Å². The van der Waals surface area contributed by atoms with Gasteiger partial charge in [-0.25, -0.2) is 0 Å². The number of ether oxygens (including phenoxy) is 2. The van der Waals surface area contributed by atoms with Crippen LogP contribution in [0.1, 0.15) is 0 Å². The van der Waals surface area contributed by atoms with Crippen LogP contribution in [-0.4, -0.2) is 71.3 Å². The van der Waals surface area contributed by atoms with Crippen molar-refractivity contribution in [2.24, 2.45) is 4.99 Å². The average Bonchev–Trinajstić information content (AvgIpc) is 2.99. The fourth-order valence-electron chi connectivity index (χ4n) is 3.09. The topological polar surface area (TPSA) is 70.2 Å². The molecule has 136 valence electrons. The number of methoxy groups -OCH3 is 2. The molecule has 0 saturated carbocycles. The van der Waals surface area contributed by atoms with Gasteiger partial charge in [0.25, 0.3) is 0 Å². The third-order valence-corrected chi connectivity index (χ3v) is 4.73. The van der Waals surface area contributed by atoms with Crippen LogP contribution in [0.3, 0.4) is 0 Å². The molecule has 2 aliphatic rings. The zero-order valence-corrected chi connectivity index (χ0v) is 15.0. The lowest BCUT2D eigenvalue weighted by Crippen LogP contribution is -2.56. The molecule has 2 heterocycles. The fourth-order valence-corrected chi connectivity index (χ4v) is 3.09. The molecule has 7 nitrogen and oxygen atoms in total. The van der Waals surface area contributed by atoms with Gasteiger partial charge in [0.05, 0.1) is 26.6 Å². The van der Waals surface area contributed by atoms with Crippen LogP contribution in [0.25, 0.3) is 0 Å². The van der Waals surface area contributed by atoms with E-state index >= 15 is 0 Å². The first-order valence-electron chi connectivity index (χ1n) is 8.53. The number of rotatable bonds is 9. The van der Waals surface area contributed by atoms with Crippen molar-refractivity contribution in [3.63, 3.8) is 0 Å². The molecule has 1 fully saturated rings. The highest BCUT2D eigenvalue weighted by atomic mass is 16.5. The zero-order valence-electron chi connectivity index (χ0n) is 15.0. The van der Waals surface area contributed by atoms with Crippen molar-refractivity contribution >= 4 is 12.4 Å². The maximum atomic E-state index is 5.29. The Labute approximate surface area is 149 Å². The van der Waals surface area contributed by atoms with Crippen molar-refractivity contribution in [3.05, 3.63) is 29.5 Å². The molecule has 0 aromatic heterocycles. The van der Waals surface area contributed by atoms with Gasteiger partial charge in [-0.3, -0.25) is 15.2 Å². The van der Waals surface area contributed by atoms with E-state index in [4.69, 9.17) is 9.47 Å². The predicted octanol–water partition coefficient (Wildman–Crippen LogP) is 0.905. The Hall–Kier alpha value is -2.09. The van der Waals surface area contributed by atoms with Gasteiger partial charge in [-0.1, -0.05) is 0 Å². The maximum Gasteiger partial charge on any atom is 0.124 e. The van der Waals surface area contributed by atoms with Crippen molar-refractivity contribution in [3.8, 4) is 11.5 Å². The number of nitrogens with zero attached hydrogens (tertiary/aromatic N) is 2. The maximum absolute atomic E-state index is 5.29. The average molecular weight is 345 g/mol. The summed E-state index contributed by atoms with van der Waals surface area (Å²) in [5.74, 6) is 1.53. The van der Waals surface area contributed by atoms with Crippen LogP contribution in [0.4, 0.5) is 5.69 Å². The van der Waals surface area contributed by atoms with Gasteiger partial charge in [0.15, 0.2) is 0 Å². The van der Waals surface area contributed by atoms with Crippen LogP contribution in [0.15, 0.2) is 34.5 Å². The van der Waals surface area contributed by atoms with Gasteiger partial charge < -0.3 is 20.1 Å². The lowest BCUT2D eigenvalue weighted by Gasteiger charge is -2.35. The molecule has 0 unspecified atom stereocenters. The Bertz CT molecular complexity index is 620. The van der Waals surface area contributed by atoms with Crippen LogP contribution in [0.5, 0.6) is 11.5 Å². The van der Waals surface area contributed by atoms with Crippen molar-refractivity contribution in [2.45, 2.75) is 6.04 Å². The standard InChI is InChI=1S/C18H27N5O2/c1-19-18-11-23(15-8-20-9-15)10-13(18)7-21-12-22-14-4-16(24-2)6-17(5-14)25-3/h4-6,15,20-22H,1,7-12H2,2-3H3. The van der Waals surface area contributed by atoms with Gasteiger partial charge in [0.1, 0.15) is 11.5 Å². The molecule has 0 radical (unpaired) electrons. The predicted molar refractivity (Wildman–Crippen MR) is 101 cm³/mol. The smallest absolute Gasteiger partial charge is 0.124 e. The summed E-state index contributed by atoms with van der Waals surface area (Å²) in [5.41, 5.74) is 3.39. The molecule has 0 aliphatic carbocycles. The molecule has 0 atom stereocenters. The Morgan fingerprint density at radius 2 is 1.92 bits per heavy atom. The Morgan fingerprint density at radius 3 is 2.48 bits per heavy atom. The summed E-state index contributed by atoms with van der Waals surface area (Å²) in [5, 5.41) is 10.1. The van der Waals surface area contributed by atoms with E-state index in [1.165, 1.54) is 5.57 Å². The highest BCUT2D eigenvalue weighted by Crippen LogP contribution is 2.25. The summed E-state index contributed by atoms with van der Waals surface area (Å²) in [6, 6.07) is 6.38. The molecule has 0 spiro atoms. The molecule has 3 N–H and O–H groups in total. The molecular formula is C18H27N5O2. The quantitative estimate of drug-likeness (QED) is 0.351. The number of nitrogens with one attached hydrogen (secondary N) is 3. The Kier molecular flexibility index (Phi) is 5.91. The second kappa shape index (κ2) is 8.33. The highest BCUT2D eigenvalue weighted by molar-refractivity contribution is 5.53. The number of anilines is 1. The van der Waals surface area contributed by atoms with Gasteiger partial charge in [0.2, 0.25) is 0 Å². The van der Waals surface area contributed by atoms with Crippen LogP contribution >= 0.6 is 0 Å². The van der Waals surface area contributed by atoms with Crippen molar-refractivity contribution in [2.75, 3.05) is 58.9 Å². The molecule has 1 aromatic rings. The summed E-state index contributed by atoms with van der Waals surface area (Å²) in [4.78, 5) is 6.69. The van der Waals surface area contributed by atoms with Crippen molar-refractivity contribution < 1.29 is 9.47 Å². The lowest BCUT2D eigenvalue weighted by atomic mass is 10.1. The normalized spacial score (nSPS) is 18.2. The first-order valence-corrected chi connectivity index (χ1v) is 8.53. The first kappa shape index (κ1) is 17.7. The van der Waals surface area contributed by atoms with E-state index in [0.717, 1.165) is 55.6 Å². The Morgan fingerprint density at radius 1 is 1.20 bits per heavy atom. The number of hydrogen-bond acceptors (Lipinski definition) is 7. The fraction of sp³-hybridized carbons (Fsp3) is 0.500. The highest BCUT2D eigenvalue weighted by Gasteiger charge is 2.30. The third kappa shape index (κ3) is 4.31. The van der Waals surface area contributed by atoms with E-state index in [2.05, 4.69) is 32.6 Å². The summed E-state index contributed by atoms with van der Waals surface area (Å²) in [7, 11) is 3.30. The molecule has 0 amide bonds. The van der Waals surface area contributed by atoms with Crippen LogP contribution < -0.4 is 25.4 Å². The number of benzene rings is 1. The lowest BCUT2D eigenvalue weighted by molar-refractivity contribution is 0.182. The van der Waals surface area contributed by atoms with E-state index in [0.29, 0.717) is 12.7 Å². The summed E-state index contributed by atoms with van der Waals surface area (Å²) >= 11 is 0. The second-order valence-corrected chi connectivity index (χ2v) is 6.31. The molecule has 2 aliphatic heterocycles. The Balaban J connectivity index is 1.48. The minimum atomic E-state index is 0.636. The molecule has 25 heavy (non-hydrogen) atoms. The molecule has 1 saturated heterocycles. The van der Waals surface area contributed by atoms with Gasteiger partial charge in [-0.2, -0.15) is 0 Å². The van der Waals surface area contributed by atoms with Crippen LogP contribution in [0, 0.1) is 0 Å². The molecule has 7 heteroatoms. The molecule has 0 bridgehead atoms. The molecular weight excluding hydrogens is 318 g/mol. The van der Waals surface area contributed by atoms with E-state index in [1.54, 1.807) is 14.2 Å². The van der Waals surface area contributed by atoms with Crippen LogP contribution in [-0.2, 0) is 0 Å². The minimum Gasteiger partial charge on any atom is -0.497 e. The monoisotopic (exact) mass is 345 g/mol. The number of hydrogen-bond donors (Lipinski definition) is 3. The van der Waals surface area contributed by atoms with E-state index in [1.807, 2.05) is 18.2 Å². The zero-order chi connectivity index (χ0) is 17.6. The van der Waals surface area contributed by atoms with Crippen LogP contribution in [0.2, 0.25) is 0 Å². The summed E-state index contributed by atoms with van der Waals surface area (Å²) in [6.45, 7) is 9.21. The van der Waals surface area contributed by atoms with Gasteiger partial charge in [-0.15, -0.1) is 0 Å². The minimum absolute atomic E-state index is 0.636. The number of aliphatic imine (C=N–C) groups is 1. The largest absolute Gasteiger partial charge is 0.497 e. The molecule has 3 rings (SSSR count). The third-order valence-electron chi connectivity index (χ3n) is 4.73. The first-order chi connectivity index (χ1) is 12.2. The summed E-state index contributed by atoms with van der Waals surface area (Å²) < 4.78 is 10.6. The van der Waals surface area contributed by atoms with Gasteiger partial charge >= 0.3 is 0 Å². The van der Waals surface area contributed by atoms with E-state index in [9.17, 15) is 0 Å². The molecule has 1 aromatic carbocycles. The van der Waals surface area contributed by atoms with Gasteiger partial charge in [0, 0.05) is 62.7 Å². The second-order valence-electron chi connectivity index (χ2n) is 6.31.